The average molecular weight is 474 g/mol. The van der Waals surface area contributed by atoms with E-state index in [9.17, 15) is 9.59 Å². The molecule has 4 heteroatoms. The van der Waals surface area contributed by atoms with Crippen molar-refractivity contribution in [2.75, 3.05) is 0 Å². The number of hydrogen-bond acceptors (Lipinski definition) is 2. The number of allylic oxidation sites excluding steroid dienone is 3. The van der Waals surface area contributed by atoms with Gasteiger partial charge in [0.15, 0.2) is 5.78 Å². The minimum absolute atomic E-state index is 0.0740. The first kappa shape index (κ1) is 19.0. The summed E-state index contributed by atoms with van der Waals surface area (Å²) in [5, 5.41) is 0. The number of halogens is 2. The molecule has 0 N–H and O–H groups in total. The van der Waals surface area contributed by atoms with Crippen molar-refractivity contribution in [2.45, 2.75) is 19.3 Å². The maximum Gasteiger partial charge on any atom is 0.167 e. The van der Waals surface area contributed by atoms with Crippen LogP contribution in [0.2, 0.25) is 0 Å². The Morgan fingerprint density at radius 1 is 0.962 bits per heavy atom. The van der Waals surface area contributed by atoms with Crippen LogP contribution in [-0.2, 0) is 9.59 Å². The van der Waals surface area contributed by atoms with Gasteiger partial charge in [-0.3, -0.25) is 9.59 Å². The summed E-state index contributed by atoms with van der Waals surface area (Å²) >= 11 is 6.86. The molecule has 1 aliphatic carbocycles. The lowest BCUT2D eigenvalue weighted by molar-refractivity contribution is -0.130. The summed E-state index contributed by atoms with van der Waals surface area (Å²) in [5.41, 5.74) is 3.03. The maximum absolute atomic E-state index is 12.6. The van der Waals surface area contributed by atoms with E-state index in [2.05, 4.69) is 31.9 Å². The zero-order valence-electron chi connectivity index (χ0n) is 14.3. The van der Waals surface area contributed by atoms with Crippen molar-refractivity contribution in [1.82, 2.24) is 0 Å². The second-order valence-corrected chi connectivity index (χ2v) is 8.29. The van der Waals surface area contributed by atoms with Crippen molar-refractivity contribution in [3.8, 4) is 0 Å². The molecule has 0 saturated heterocycles. The molecular weight excluding hydrogens is 456 g/mol. The van der Waals surface area contributed by atoms with Crippen LogP contribution in [0.1, 0.15) is 30.4 Å². The molecule has 2 nitrogen and oxygen atoms in total. The highest BCUT2D eigenvalue weighted by Gasteiger charge is 2.35. The van der Waals surface area contributed by atoms with Crippen LogP contribution in [0.3, 0.4) is 0 Å². The van der Waals surface area contributed by atoms with E-state index < -0.39 is 5.92 Å². The molecule has 0 aromatic heterocycles. The van der Waals surface area contributed by atoms with Gasteiger partial charge in [-0.25, -0.2) is 0 Å². The fourth-order valence-corrected chi connectivity index (χ4v) is 3.83. The molecule has 0 spiro atoms. The highest BCUT2D eigenvalue weighted by Crippen LogP contribution is 2.37. The summed E-state index contributed by atoms with van der Waals surface area (Å²) in [7, 11) is 0. The number of hydrogen-bond donors (Lipinski definition) is 0. The molecule has 2 aromatic carbocycles. The van der Waals surface area contributed by atoms with Gasteiger partial charge >= 0.3 is 0 Å². The lowest BCUT2D eigenvalue weighted by atomic mass is 9.73. The van der Waals surface area contributed by atoms with Gasteiger partial charge in [-0.1, -0.05) is 68.3 Å². The standard InChI is InChI=1S/C22H18Br2O2/c1-14(25)22-20(17-6-10-19(24)11-7-17)12-16(13-21(22)26)3-2-15-4-8-18(23)9-5-15/h2-11,13,20,22H,12H2,1H3/b3-2+. The van der Waals surface area contributed by atoms with Crippen molar-refractivity contribution in [3.63, 3.8) is 0 Å². The molecule has 2 atom stereocenters. The third kappa shape index (κ3) is 4.49. The number of benzene rings is 2. The topological polar surface area (TPSA) is 34.1 Å². The van der Waals surface area contributed by atoms with Crippen LogP contribution in [0.25, 0.3) is 6.08 Å². The van der Waals surface area contributed by atoms with Crippen LogP contribution in [0.4, 0.5) is 0 Å². The zero-order chi connectivity index (χ0) is 18.7. The van der Waals surface area contributed by atoms with Crippen LogP contribution in [0.5, 0.6) is 0 Å². The van der Waals surface area contributed by atoms with Gasteiger partial charge in [0, 0.05) is 14.9 Å². The number of rotatable bonds is 4. The molecule has 0 amide bonds. The normalized spacial score (nSPS) is 20.3. The molecule has 26 heavy (non-hydrogen) atoms. The summed E-state index contributed by atoms with van der Waals surface area (Å²) in [5.74, 6) is -0.897. The van der Waals surface area contributed by atoms with Gasteiger partial charge in [-0.15, -0.1) is 0 Å². The smallest absolute Gasteiger partial charge is 0.167 e. The third-order valence-electron chi connectivity index (χ3n) is 4.59. The third-order valence-corrected chi connectivity index (χ3v) is 5.65. The predicted molar refractivity (Wildman–Crippen MR) is 112 cm³/mol. The fourth-order valence-electron chi connectivity index (χ4n) is 3.30. The van der Waals surface area contributed by atoms with Crippen molar-refractivity contribution < 1.29 is 9.59 Å². The van der Waals surface area contributed by atoms with Crippen LogP contribution in [-0.4, -0.2) is 11.6 Å². The fraction of sp³-hybridized carbons (Fsp3) is 0.182. The van der Waals surface area contributed by atoms with Crippen molar-refractivity contribution in [2.24, 2.45) is 5.92 Å². The maximum atomic E-state index is 12.6. The molecule has 2 aromatic rings. The first-order valence-electron chi connectivity index (χ1n) is 8.38. The Hall–Kier alpha value is -1.78. The number of Topliss-reactive ketones (excluding diaryl/α,β-unsaturated/α-hetero) is 1. The number of carbonyl (C=O) groups is 2. The monoisotopic (exact) mass is 472 g/mol. The molecule has 0 bridgehead atoms. The van der Waals surface area contributed by atoms with E-state index >= 15 is 0 Å². The van der Waals surface area contributed by atoms with E-state index in [1.54, 1.807) is 6.08 Å². The van der Waals surface area contributed by atoms with E-state index in [-0.39, 0.29) is 17.5 Å². The molecule has 0 fully saturated rings. The Kier molecular flexibility index (Phi) is 6.05. The van der Waals surface area contributed by atoms with Gasteiger partial charge in [0.2, 0.25) is 0 Å². The number of carbonyl (C=O) groups excluding carboxylic acids is 2. The van der Waals surface area contributed by atoms with Crippen LogP contribution in [0.15, 0.2) is 75.2 Å². The molecule has 0 saturated carbocycles. The number of ketones is 2. The second kappa shape index (κ2) is 8.28. The second-order valence-electron chi connectivity index (χ2n) is 6.46. The van der Waals surface area contributed by atoms with Crippen LogP contribution < -0.4 is 0 Å². The predicted octanol–water partition coefficient (Wildman–Crippen LogP) is 6.11. The van der Waals surface area contributed by atoms with E-state index in [0.717, 1.165) is 25.6 Å². The van der Waals surface area contributed by atoms with Gasteiger partial charge in [0.1, 0.15) is 5.78 Å². The van der Waals surface area contributed by atoms with Gasteiger partial charge in [-0.05, 0) is 60.4 Å². The Balaban J connectivity index is 1.89. The lowest BCUT2D eigenvalue weighted by Crippen LogP contribution is -2.31. The highest BCUT2D eigenvalue weighted by atomic mass is 79.9. The summed E-state index contributed by atoms with van der Waals surface area (Å²) in [6, 6.07) is 15.9. The largest absolute Gasteiger partial charge is 0.299 e. The van der Waals surface area contributed by atoms with E-state index in [4.69, 9.17) is 0 Å². The van der Waals surface area contributed by atoms with E-state index in [1.807, 2.05) is 60.7 Å². The molecule has 3 rings (SSSR count). The van der Waals surface area contributed by atoms with Crippen molar-refractivity contribution in [3.05, 3.63) is 86.3 Å². The first-order valence-corrected chi connectivity index (χ1v) is 9.96. The SMILES string of the molecule is CC(=O)C1C(=O)C=C(/C=C/c2ccc(Br)cc2)CC1c1ccc(Br)cc1. The minimum Gasteiger partial charge on any atom is -0.299 e. The lowest BCUT2D eigenvalue weighted by Gasteiger charge is -2.28. The van der Waals surface area contributed by atoms with Gasteiger partial charge in [0.25, 0.3) is 0 Å². The quantitative estimate of drug-likeness (QED) is 0.501. The van der Waals surface area contributed by atoms with Crippen LogP contribution >= 0.6 is 31.9 Å². The summed E-state index contributed by atoms with van der Waals surface area (Å²) in [4.78, 5) is 24.7. The first-order chi connectivity index (χ1) is 12.4. The average Bonchev–Trinajstić information content (AvgIpc) is 2.61. The Morgan fingerprint density at radius 3 is 2.12 bits per heavy atom. The van der Waals surface area contributed by atoms with E-state index in [1.165, 1.54) is 6.92 Å². The van der Waals surface area contributed by atoms with Crippen LogP contribution in [0, 0.1) is 5.92 Å². The van der Waals surface area contributed by atoms with Crippen molar-refractivity contribution in [1.29, 1.82) is 0 Å². The van der Waals surface area contributed by atoms with E-state index in [0.29, 0.717) is 6.42 Å². The van der Waals surface area contributed by atoms with Gasteiger partial charge in [-0.2, -0.15) is 0 Å². The highest BCUT2D eigenvalue weighted by molar-refractivity contribution is 9.10. The van der Waals surface area contributed by atoms with Gasteiger partial charge in [0.05, 0.1) is 5.92 Å². The zero-order valence-corrected chi connectivity index (χ0v) is 17.5. The Bertz CT molecular complexity index is 877. The molecule has 132 valence electrons. The van der Waals surface area contributed by atoms with Crippen molar-refractivity contribution >= 4 is 49.5 Å². The summed E-state index contributed by atoms with van der Waals surface area (Å²) < 4.78 is 2.01. The molecule has 0 aliphatic heterocycles. The molecular formula is C22H18Br2O2. The Labute approximate surface area is 170 Å². The molecule has 0 radical (unpaired) electrons. The minimum atomic E-state index is -0.596. The molecule has 0 heterocycles. The Morgan fingerprint density at radius 2 is 1.54 bits per heavy atom. The van der Waals surface area contributed by atoms with Gasteiger partial charge < -0.3 is 0 Å². The molecule has 2 unspecified atom stereocenters. The summed E-state index contributed by atoms with van der Waals surface area (Å²) in [6.07, 6.45) is 6.27. The molecule has 1 aliphatic rings. The summed E-state index contributed by atoms with van der Waals surface area (Å²) in [6.45, 7) is 1.50.